The number of halogens is 1. The third kappa shape index (κ3) is 2.15. The molecule has 0 unspecified atom stereocenters. The normalized spacial score (nSPS) is 16.4. The van der Waals surface area contributed by atoms with Crippen LogP contribution in [0, 0.1) is 0 Å². The molecule has 3 nitrogen and oxygen atoms in total. The van der Waals surface area contributed by atoms with Gasteiger partial charge in [-0.1, -0.05) is 12.1 Å². The van der Waals surface area contributed by atoms with Crippen molar-refractivity contribution in [2.45, 2.75) is 0 Å². The van der Waals surface area contributed by atoms with Crippen molar-refractivity contribution < 1.29 is 4.74 Å². The maximum absolute atomic E-state index is 5.35. The van der Waals surface area contributed by atoms with Crippen molar-refractivity contribution in [1.82, 2.24) is 4.98 Å². The fourth-order valence-corrected chi connectivity index (χ4v) is 2.54. The molecule has 1 aliphatic heterocycles. The lowest BCUT2D eigenvalue weighted by Gasteiger charge is -2.28. The number of anilines is 1. The van der Waals surface area contributed by atoms with Crippen molar-refractivity contribution in [2.75, 3.05) is 31.2 Å². The second-order valence-electron chi connectivity index (χ2n) is 4.08. The monoisotopic (exact) mass is 292 g/mol. The highest BCUT2D eigenvalue weighted by atomic mass is 79.9. The molecule has 0 radical (unpaired) electrons. The van der Waals surface area contributed by atoms with E-state index in [9.17, 15) is 0 Å². The average molecular weight is 293 g/mol. The minimum Gasteiger partial charge on any atom is -0.378 e. The van der Waals surface area contributed by atoms with E-state index in [0.717, 1.165) is 47.5 Å². The fraction of sp³-hybridized carbons (Fsp3) is 0.308. The van der Waals surface area contributed by atoms with Gasteiger partial charge in [-0.2, -0.15) is 0 Å². The van der Waals surface area contributed by atoms with Crippen LogP contribution in [0.25, 0.3) is 10.9 Å². The van der Waals surface area contributed by atoms with Crippen molar-refractivity contribution in [3.8, 4) is 0 Å². The molecule has 0 spiro atoms. The molecule has 17 heavy (non-hydrogen) atoms. The van der Waals surface area contributed by atoms with Gasteiger partial charge in [0, 0.05) is 22.9 Å². The van der Waals surface area contributed by atoms with Crippen LogP contribution in [-0.2, 0) is 4.74 Å². The number of hydrogen-bond donors (Lipinski definition) is 0. The maximum Gasteiger partial charge on any atom is 0.129 e. The van der Waals surface area contributed by atoms with E-state index >= 15 is 0 Å². The molecule has 0 aliphatic carbocycles. The van der Waals surface area contributed by atoms with Gasteiger partial charge in [0.05, 0.1) is 18.7 Å². The van der Waals surface area contributed by atoms with Crippen LogP contribution in [0.1, 0.15) is 0 Å². The summed E-state index contributed by atoms with van der Waals surface area (Å²) in [7, 11) is 0. The summed E-state index contributed by atoms with van der Waals surface area (Å²) in [5.74, 6) is 1.03. The average Bonchev–Trinajstić information content (AvgIpc) is 2.40. The molecule has 3 rings (SSSR count). The van der Waals surface area contributed by atoms with Gasteiger partial charge in [0.25, 0.3) is 0 Å². The van der Waals surface area contributed by atoms with Crippen LogP contribution in [0.5, 0.6) is 0 Å². The van der Waals surface area contributed by atoms with Gasteiger partial charge in [-0.15, -0.1) is 0 Å². The summed E-state index contributed by atoms with van der Waals surface area (Å²) in [6.45, 7) is 3.41. The number of pyridine rings is 1. The number of rotatable bonds is 1. The molecule has 1 aromatic carbocycles. The van der Waals surface area contributed by atoms with Gasteiger partial charge in [0.15, 0.2) is 0 Å². The molecule has 1 fully saturated rings. The van der Waals surface area contributed by atoms with Crippen molar-refractivity contribution in [3.63, 3.8) is 0 Å². The van der Waals surface area contributed by atoms with Crippen molar-refractivity contribution in [3.05, 3.63) is 34.8 Å². The first-order valence-corrected chi connectivity index (χ1v) is 6.52. The standard InChI is InChI=1S/C13H13BrN2O/c14-11-3-1-2-10-4-5-12(15-13(10)11)16-6-8-17-9-7-16/h1-5H,6-9H2. The van der Waals surface area contributed by atoms with Gasteiger partial charge < -0.3 is 9.64 Å². The number of benzene rings is 1. The molecule has 1 aliphatic rings. The minimum absolute atomic E-state index is 0.787. The Bertz CT molecular complexity index is 538. The highest BCUT2D eigenvalue weighted by Crippen LogP contribution is 2.25. The molecule has 2 aromatic rings. The van der Waals surface area contributed by atoms with Gasteiger partial charge in [-0.25, -0.2) is 4.98 Å². The van der Waals surface area contributed by atoms with Crippen LogP contribution in [0.3, 0.4) is 0 Å². The number of nitrogens with zero attached hydrogens (tertiary/aromatic N) is 2. The molecule has 2 heterocycles. The molecule has 1 saturated heterocycles. The van der Waals surface area contributed by atoms with Crippen LogP contribution in [0.4, 0.5) is 5.82 Å². The SMILES string of the molecule is Brc1cccc2ccc(N3CCOCC3)nc12. The number of para-hydroxylation sites is 1. The van der Waals surface area contributed by atoms with Crippen molar-refractivity contribution >= 4 is 32.7 Å². The van der Waals surface area contributed by atoms with Crippen LogP contribution < -0.4 is 4.90 Å². The highest BCUT2D eigenvalue weighted by Gasteiger charge is 2.13. The van der Waals surface area contributed by atoms with Crippen LogP contribution in [0.2, 0.25) is 0 Å². The van der Waals surface area contributed by atoms with Crippen LogP contribution in [-0.4, -0.2) is 31.3 Å². The third-order valence-corrected chi connectivity index (χ3v) is 3.63. The van der Waals surface area contributed by atoms with Crippen LogP contribution >= 0.6 is 15.9 Å². The molecule has 0 N–H and O–H groups in total. The lowest BCUT2D eigenvalue weighted by atomic mass is 10.2. The molecule has 0 amide bonds. The van der Waals surface area contributed by atoms with E-state index in [2.05, 4.69) is 39.0 Å². The predicted molar refractivity (Wildman–Crippen MR) is 72.5 cm³/mol. The zero-order chi connectivity index (χ0) is 11.7. The molecule has 4 heteroatoms. The molecule has 0 saturated carbocycles. The summed E-state index contributed by atoms with van der Waals surface area (Å²) in [6.07, 6.45) is 0. The Labute approximate surface area is 109 Å². The van der Waals surface area contributed by atoms with Gasteiger partial charge in [-0.3, -0.25) is 0 Å². The van der Waals surface area contributed by atoms with E-state index in [1.54, 1.807) is 0 Å². The molecule has 1 aromatic heterocycles. The topological polar surface area (TPSA) is 25.4 Å². The first kappa shape index (κ1) is 11.0. The smallest absolute Gasteiger partial charge is 0.129 e. The number of aromatic nitrogens is 1. The van der Waals surface area contributed by atoms with Gasteiger partial charge in [0.2, 0.25) is 0 Å². The second kappa shape index (κ2) is 4.63. The lowest BCUT2D eigenvalue weighted by molar-refractivity contribution is 0.122. The minimum atomic E-state index is 0.787. The third-order valence-electron chi connectivity index (χ3n) is 2.99. The molecule has 88 valence electrons. The van der Waals surface area contributed by atoms with Crippen molar-refractivity contribution in [1.29, 1.82) is 0 Å². The van der Waals surface area contributed by atoms with Gasteiger partial charge in [0.1, 0.15) is 5.82 Å². The first-order chi connectivity index (χ1) is 8.34. The number of hydrogen-bond acceptors (Lipinski definition) is 3. The maximum atomic E-state index is 5.35. The summed E-state index contributed by atoms with van der Waals surface area (Å²) < 4.78 is 6.40. The number of fused-ring (bicyclic) bond motifs is 1. The van der Waals surface area contributed by atoms with E-state index in [4.69, 9.17) is 9.72 Å². The van der Waals surface area contributed by atoms with Crippen molar-refractivity contribution in [2.24, 2.45) is 0 Å². The van der Waals surface area contributed by atoms with E-state index in [1.807, 2.05) is 12.1 Å². The van der Waals surface area contributed by atoms with E-state index in [0.29, 0.717) is 0 Å². The summed E-state index contributed by atoms with van der Waals surface area (Å²) in [5.41, 5.74) is 1.02. The van der Waals surface area contributed by atoms with Gasteiger partial charge in [-0.05, 0) is 34.1 Å². The van der Waals surface area contributed by atoms with E-state index in [-0.39, 0.29) is 0 Å². The second-order valence-corrected chi connectivity index (χ2v) is 4.93. The summed E-state index contributed by atoms with van der Waals surface area (Å²) in [6, 6.07) is 10.3. The lowest BCUT2D eigenvalue weighted by Crippen LogP contribution is -2.36. The Kier molecular flexibility index (Phi) is 2.99. The summed E-state index contributed by atoms with van der Waals surface area (Å²) >= 11 is 3.55. The Hall–Kier alpha value is -1.13. The Morgan fingerprint density at radius 1 is 1.12 bits per heavy atom. The highest BCUT2D eigenvalue weighted by molar-refractivity contribution is 9.10. The zero-order valence-electron chi connectivity index (χ0n) is 9.40. The zero-order valence-corrected chi connectivity index (χ0v) is 11.0. The Morgan fingerprint density at radius 3 is 2.76 bits per heavy atom. The van der Waals surface area contributed by atoms with Crippen LogP contribution in [0.15, 0.2) is 34.8 Å². The Morgan fingerprint density at radius 2 is 1.94 bits per heavy atom. The van der Waals surface area contributed by atoms with Gasteiger partial charge >= 0.3 is 0 Å². The Balaban J connectivity index is 2.03. The molecular weight excluding hydrogens is 280 g/mol. The number of morpholine rings is 1. The largest absolute Gasteiger partial charge is 0.378 e. The predicted octanol–water partition coefficient (Wildman–Crippen LogP) is 2.83. The van der Waals surface area contributed by atoms with E-state index < -0.39 is 0 Å². The number of ether oxygens (including phenoxy) is 1. The quantitative estimate of drug-likeness (QED) is 0.808. The molecule has 0 bridgehead atoms. The summed E-state index contributed by atoms with van der Waals surface area (Å²) in [4.78, 5) is 6.99. The summed E-state index contributed by atoms with van der Waals surface area (Å²) in [5, 5.41) is 1.16. The van der Waals surface area contributed by atoms with E-state index in [1.165, 1.54) is 0 Å². The molecular formula is C13H13BrN2O. The fourth-order valence-electron chi connectivity index (χ4n) is 2.07. The first-order valence-electron chi connectivity index (χ1n) is 5.72. The molecule has 0 atom stereocenters.